The number of methoxy groups -OCH3 is 1. The number of halogens is 1. The predicted octanol–water partition coefficient (Wildman–Crippen LogP) is 7.72. The Morgan fingerprint density at radius 2 is 1.95 bits per heavy atom. The minimum Gasteiger partial charge on any atom is -0.465 e. The lowest BCUT2D eigenvalue weighted by molar-refractivity contribution is -0.116. The second kappa shape index (κ2) is 10.8. The fourth-order valence-electron chi connectivity index (χ4n) is 5.49. The van der Waals surface area contributed by atoms with Crippen LogP contribution in [0.25, 0.3) is 33.2 Å². The van der Waals surface area contributed by atoms with Crippen LogP contribution in [0.2, 0.25) is 5.02 Å². The molecule has 2 aromatic carbocycles. The Morgan fingerprint density at radius 3 is 2.82 bits per heavy atom. The molecule has 6 rings (SSSR count). The van der Waals surface area contributed by atoms with Gasteiger partial charge in [-0.1, -0.05) is 35.9 Å². The molecule has 0 bridgehead atoms. The van der Waals surface area contributed by atoms with E-state index < -0.39 is 0 Å². The Kier molecular flexibility index (Phi) is 7.11. The number of nitrogens with one attached hydrogen (secondary N) is 2. The molecule has 0 saturated carbocycles. The maximum Gasteiger partial charge on any atom is 0.341 e. The second-order valence-corrected chi connectivity index (χ2v) is 11.4. The summed E-state index contributed by atoms with van der Waals surface area (Å²) in [6.45, 7) is 0. The number of thiophene rings is 1. The average molecular weight is 558 g/mol. The van der Waals surface area contributed by atoms with Gasteiger partial charge in [0.15, 0.2) is 0 Å². The number of hydrogen-bond donors (Lipinski definition) is 2. The molecular formula is C31H28ClN3O3S. The van der Waals surface area contributed by atoms with E-state index >= 15 is 0 Å². The fourth-order valence-corrected chi connectivity index (χ4v) is 6.96. The molecule has 8 heteroatoms. The van der Waals surface area contributed by atoms with Gasteiger partial charge in [-0.25, -0.2) is 9.78 Å². The first-order chi connectivity index (χ1) is 19.0. The van der Waals surface area contributed by atoms with E-state index in [1.54, 1.807) is 0 Å². The highest BCUT2D eigenvalue weighted by atomic mass is 35.5. The summed E-state index contributed by atoms with van der Waals surface area (Å²) in [6.07, 6.45) is 5.55. The molecule has 0 atom stereocenters. The number of rotatable bonds is 7. The van der Waals surface area contributed by atoms with Gasteiger partial charge in [0.1, 0.15) is 5.00 Å². The number of carbonyl (C=O) groups excluding carboxylic acids is 2. The van der Waals surface area contributed by atoms with Crippen LogP contribution in [0.4, 0.5) is 5.00 Å². The Labute approximate surface area is 235 Å². The fraction of sp³-hybridized carbons (Fsp3) is 0.258. The van der Waals surface area contributed by atoms with Gasteiger partial charge in [-0.05, 0) is 80.0 Å². The van der Waals surface area contributed by atoms with Gasteiger partial charge in [-0.15, -0.1) is 11.3 Å². The lowest BCUT2D eigenvalue weighted by atomic mass is 9.95. The third-order valence-corrected chi connectivity index (χ3v) is 8.81. The van der Waals surface area contributed by atoms with Gasteiger partial charge in [-0.3, -0.25) is 4.79 Å². The predicted molar refractivity (Wildman–Crippen MR) is 158 cm³/mol. The molecule has 0 saturated heterocycles. The summed E-state index contributed by atoms with van der Waals surface area (Å²) in [6, 6.07) is 18.0. The van der Waals surface area contributed by atoms with Crippen LogP contribution in [-0.2, 0) is 28.8 Å². The lowest BCUT2D eigenvalue weighted by Crippen LogP contribution is -2.15. The van der Waals surface area contributed by atoms with Crippen molar-refractivity contribution >= 4 is 61.6 Å². The van der Waals surface area contributed by atoms with Gasteiger partial charge in [0, 0.05) is 32.6 Å². The molecule has 0 radical (unpaired) electrons. The minimum atomic E-state index is -0.382. The molecule has 2 N–H and O–H groups in total. The second-order valence-electron chi connectivity index (χ2n) is 9.87. The van der Waals surface area contributed by atoms with Crippen molar-refractivity contribution in [3.05, 3.63) is 81.2 Å². The van der Waals surface area contributed by atoms with Crippen molar-refractivity contribution < 1.29 is 14.3 Å². The number of H-pyrrole nitrogens is 1. The van der Waals surface area contributed by atoms with Crippen LogP contribution in [0.3, 0.4) is 0 Å². The molecular weight excluding hydrogens is 530 g/mol. The summed E-state index contributed by atoms with van der Waals surface area (Å²) in [5, 5.41) is 6.40. The zero-order chi connectivity index (χ0) is 26.9. The number of benzene rings is 2. The Morgan fingerprint density at radius 1 is 1.10 bits per heavy atom. The first-order valence-corrected chi connectivity index (χ1v) is 14.4. The van der Waals surface area contributed by atoms with Gasteiger partial charge < -0.3 is 15.0 Å². The van der Waals surface area contributed by atoms with E-state index in [1.165, 1.54) is 23.3 Å². The molecule has 1 aliphatic carbocycles. The first kappa shape index (κ1) is 25.6. The van der Waals surface area contributed by atoms with Gasteiger partial charge >= 0.3 is 5.97 Å². The minimum absolute atomic E-state index is 0.109. The third-order valence-electron chi connectivity index (χ3n) is 7.37. The maximum absolute atomic E-state index is 13.0. The number of anilines is 1. The van der Waals surface area contributed by atoms with Crippen molar-refractivity contribution in [3.63, 3.8) is 0 Å². The average Bonchev–Trinajstić information content (AvgIpc) is 3.50. The normalized spacial score (nSPS) is 13.0. The van der Waals surface area contributed by atoms with E-state index in [-0.39, 0.29) is 11.9 Å². The van der Waals surface area contributed by atoms with Crippen LogP contribution < -0.4 is 5.32 Å². The van der Waals surface area contributed by atoms with Gasteiger partial charge in [0.25, 0.3) is 0 Å². The van der Waals surface area contributed by atoms with Gasteiger partial charge in [0.2, 0.25) is 5.91 Å². The summed E-state index contributed by atoms with van der Waals surface area (Å²) in [7, 11) is 1.39. The first-order valence-electron chi connectivity index (χ1n) is 13.2. The van der Waals surface area contributed by atoms with Crippen molar-refractivity contribution in [3.8, 4) is 11.4 Å². The number of carbonyl (C=O) groups is 2. The smallest absolute Gasteiger partial charge is 0.341 e. The quantitative estimate of drug-likeness (QED) is 0.201. The Hall–Kier alpha value is -3.68. The van der Waals surface area contributed by atoms with Crippen LogP contribution in [-0.4, -0.2) is 29.0 Å². The van der Waals surface area contributed by atoms with Crippen molar-refractivity contribution in [2.45, 2.75) is 44.9 Å². The molecule has 0 fully saturated rings. The highest BCUT2D eigenvalue weighted by molar-refractivity contribution is 7.17. The number of pyridine rings is 1. The van der Waals surface area contributed by atoms with Gasteiger partial charge in [0.05, 0.1) is 29.6 Å². The molecule has 5 aromatic rings. The van der Waals surface area contributed by atoms with Crippen molar-refractivity contribution in [2.75, 3.05) is 12.4 Å². The molecule has 0 unspecified atom stereocenters. The van der Waals surface area contributed by atoms with Crippen LogP contribution in [0.5, 0.6) is 0 Å². The van der Waals surface area contributed by atoms with E-state index in [1.807, 2.05) is 48.5 Å². The van der Waals surface area contributed by atoms with Crippen LogP contribution >= 0.6 is 22.9 Å². The van der Waals surface area contributed by atoms with Crippen LogP contribution in [0.1, 0.15) is 52.0 Å². The standard InChI is InChI=1S/C31H28ClN3O3S/c1-38-31(37)28-21-8-3-5-11-26(21)39-30(28)35-27(36)12-6-9-20-22-17-19(32)14-16-24(22)34-29(20)25-15-13-18-7-2-4-10-23(18)33-25/h2,4,7,10,13-17,34H,3,5-6,8-9,11-12H2,1H3,(H,35,36). The van der Waals surface area contributed by atoms with Gasteiger partial charge in [-0.2, -0.15) is 0 Å². The summed E-state index contributed by atoms with van der Waals surface area (Å²) >= 11 is 7.87. The topological polar surface area (TPSA) is 84.1 Å². The molecule has 3 aromatic heterocycles. The van der Waals surface area contributed by atoms with Crippen molar-refractivity contribution in [2.24, 2.45) is 0 Å². The summed E-state index contributed by atoms with van der Waals surface area (Å²) < 4.78 is 5.04. The number of aromatic amines is 1. The lowest BCUT2D eigenvalue weighted by Gasteiger charge is -2.11. The maximum atomic E-state index is 13.0. The van der Waals surface area contributed by atoms with Crippen molar-refractivity contribution in [1.82, 2.24) is 9.97 Å². The molecule has 1 amide bonds. The SMILES string of the molecule is COC(=O)c1c(NC(=O)CCCc2c(-c3ccc4ccccc4n3)[nH]c3ccc(Cl)cc23)sc2c1CCCC2. The molecule has 39 heavy (non-hydrogen) atoms. The molecule has 198 valence electrons. The Balaban J connectivity index is 1.24. The third kappa shape index (κ3) is 5.04. The number of hydrogen-bond acceptors (Lipinski definition) is 5. The monoisotopic (exact) mass is 557 g/mol. The highest BCUT2D eigenvalue weighted by Crippen LogP contribution is 2.39. The highest BCUT2D eigenvalue weighted by Gasteiger charge is 2.27. The molecule has 0 aliphatic heterocycles. The van der Waals surface area contributed by atoms with E-state index in [0.29, 0.717) is 34.8 Å². The van der Waals surface area contributed by atoms with E-state index in [9.17, 15) is 9.59 Å². The summed E-state index contributed by atoms with van der Waals surface area (Å²) in [4.78, 5) is 35.2. The molecule has 0 spiro atoms. The number of esters is 1. The number of ether oxygens (including phenoxy) is 1. The zero-order valence-electron chi connectivity index (χ0n) is 21.6. The van der Waals surface area contributed by atoms with E-state index in [0.717, 1.165) is 70.0 Å². The van der Waals surface area contributed by atoms with Crippen molar-refractivity contribution in [1.29, 1.82) is 0 Å². The number of aromatic nitrogens is 2. The van der Waals surface area contributed by atoms with E-state index in [2.05, 4.69) is 16.4 Å². The largest absolute Gasteiger partial charge is 0.465 e. The van der Waals surface area contributed by atoms with Crippen LogP contribution in [0, 0.1) is 0 Å². The number of nitrogens with zero attached hydrogens (tertiary/aromatic N) is 1. The number of aryl methyl sites for hydroxylation is 2. The molecule has 1 aliphatic rings. The molecule has 6 nitrogen and oxygen atoms in total. The number of amides is 1. The molecule has 3 heterocycles. The number of para-hydroxylation sites is 1. The zero-order valence-corrected chi connectivity index (χ0v) is 23.2. The van der Waals surface area contributed by atoms with E-state index in [4.69, 9.17) is 21.3 Å². The summed E-state index contributed by atoms with van der Waals surface area (Å²) in [5.74, 6) is -0.491. The Bertz CT molecular complexity index is 1720. The number of fused-ring (bicyclic) bond motifs is 3. The van der Waals surface area contributed by atoms with Crippen LogP contribution in [0.15, 0.2) is 54.6 Å². The summed E-state index contributed by atoms with van der Waals surface area (Å²) in [5.41, 5.74) is 6.36.